The van der Waals surface area contributed by atoms with Crippen molar-refractivity contribution in [2.24, 2.45) is 5.73 Å². The van der Waals surface area contributed by atoms with E-state index < -0.39 is 35.4 Å². The fourth-order valence-corrected chi connectivity index (χ4v) is 6.10. The Morgan fingerprint density at radius 1 is 1.07 bits per heavy atom. The minimum absolute atomic E-state index is 0. The van der Waals surface area contributed by atoms with E-state index in [9.17, 15) is 28.3 Å². The van der Waals surface area contributed by atoms with Crippen molar-refractivity contribution in [1.82, 2.24) is 25.1 Å². The number of carbonyl (C=O) groups excluding carboxylic acids is 1. The summed E-state index contributed by atoms with van der Waals surface area (Å²) in [5, 5.41) is 39.0. The minimum Gasteiger partial charge on any atom is -0.496 e. The monoisotopic (exact) mass is 855 g/mol. The van der Waals surface area contributed by atoms with E-state index in [2.05, 4.69) is 30.5 Å². The number of nitrogens with zero attached hydrogens (tertiary/aromatic N) is 8. The van der Waals surface area contributed by atoms with Gasteiger partial charge in [-0.05, 0) is 69.1 Å². The van der Waals surface area contributed by atoms with Gasteiger partial charge in [-0.1, -0.05) is 18.2 Å². The van der Waals surface area contributed by atoms with Gasteiger partial charge in [0.05, 0.1) is 49.0 Å². The zero-order valence-corrected chi connectivity index (χ0v) is 34.0. The summed E-state index contributed by atoms with van der Waals surface area (Å²) in [7, 11) is 3.14. The number of alkyl halides is 3. The number of ether oxygens (including phenoxy) is 2. The topological polar surface area (TPSA) is 215 Å². The van der Waals surface area contributed by atoms with E-state index in [0.717, 1.165) is 29.3 Å². The molecule has 3 aromatic heterocycles. The van der Waals surface area contributed by atoms with Crippen LogP contribution in [0.1, 0.15) is 40.9 Å². The second-order valence-electron chi connectivity index (χ2n) is 12.9. The van der Waals surface area contributed by atoms with Crippen molar-refractivity contribution >= 4 is 53.9 Å². The summed E-state index contributed by atoms with van der Waals surface area (Å²) < 4.78 is 51.8. The maximum absolute atomic E-state index is 13.5. The maximum atomic E-state index is 13.5. The number of pyridine rings is 1. The molecular weight excluding hydrogens is 814 g/mol. The third-order valence-corrected chi connectivity index (χ3v) is 8.84. The molecule has 1 aliphatic rings. The van der Waals surface area contributed by atoms with Crippen molar-refractivity contribution in [2.75, 3.05) is 49.0 Å². The second-order valence-corrected chi connectivity index (χ2v) is 12.9. The Morgan fingerprint density at radius 3 is 2.42 bits per heavy atom. The van der Waals surface area contributed by atoms with Crippen LogP contribution in [0.5, 0.6) is 11.5 Å². The highest BCUT2D eigenvalue weighted by Gasteiger charge is 2.44. The van der Waals surface area contributed by atoms with Crippen molar-refractivity contribution in [2.45, 2.75) is 45.0 Å². The van der Waals surface area contributed by atoms with Crippen molar-refractivity contribution in [3.8, 4) is 34.9 Å². The van der Waals surface area contributed by atoms with E-state index in [1.807, 2.05) is 43.3 Å². The summed E-state index contributed by atoms with van der Waals surface area (Å²) in [4.78, 5) is 28.1. The predicted molar refractivity (Wildman–Crippen MR) is 219 cm³/mol. The van der Waals surface area contributed by atoms with Gasteiger partial charge >= 0.3 is 6.18 Å². The molecule has 312 valence electrons. The number of likely N-dealkylation sites (N-methyl/N-ethyl adjacent to an activating group) is 1. The van der Waals surface area contributed by atoms with Gasteiger partial charge in [0.15, 0.2) is 11.5 Å². The van der Waals surface area contributed by atoms with Gasteiger partial charge < -0.3 is 35.4 Å². The molecule has 1 fully saturated rings. The maximum Gasteiger partial charge on any atom is 0.417 e. The predicted octanol–water partition coefficient (Wildman–Crippen LogP) is 6.25. The molecule has 0 saturated carbocycles. The molecule has 2 aromatic carbocycles. The van der Waals surface area contributed by atoms with Gasteiger partial charge in [-0.15, -0.1) is 24.8 Å². The van der Waals surface area contributed by atoms with Crippen LogP contribution >= 0.6 is 24.8 Å². The van der Waals surface area contributed by atoms with Crippen LogP contribution < -0.4 is 30.3 Å². The number of methoxy groups -OCH3 is 1. The molecule has 1 saturated heterocycles. The smallest absolute Gasteiger partial charge is 0.417 e. The Bertz CT molecular complexity index is 2280. The molecule has 5 N–H and O–H groups in total. The van der Waals surface area contributed by atoms with Crippen molar-refractivity contribution in [3.63, 3.8) is 0 Å². The first-order valence-corrected chi connectivity index (χ1v) is 17.6. The van der Waals surface area contributed by atoms with Crippen LogP contribution in [0.25, 0.3) is 11.3 Å². The Balaban J connectivity index is 0.000000306. The summed E-state index contributed by atoms with van der Waals surface area (Å²) in [5.41, 5.74) is 7.10. The molecule has 6 rings (SSSR count). The van der Waals surface area contributed by atoms with Gasteiger partial charge in [-0.25, -0.2) is 15.0 Å². The number of aromatic nitrogens is 5. The number of hydrogen-bond donors (Lipinski definition) is 4. The first-order chi connectivity index (χ1) is 27.3. The third-order valence-electron chi connectivity index (χ3n) is 8.84. The molecule has 5 aromatic rings. The summed E-state index contributed by atoms with van der Waals surface area (Å²) in [6.07, 6.45) is -2.07. The van der Waals surface area contributed by atoms with Crippen LogP contribution in [0.2, 0.25) is 0 Å². The number of H-pyrrole nitrogens is 1. The Morgan fingerprint density at radius 2 is 1.80 bits per heavy atom. The molecule has 2 unspecified atom stereocenters. The number of aryl methyl sites for hydroxylation is 2. The van der Waals surface area contributed by atoms with Crippen molar-refractivity contribution < 1.29 is 32.5 Å². The average molecular weight is 857 g/mol. The lowest BCUT2D eigenvalue weighted by atomic mass is 10.1. The molecule has 59 heavy (non-hydrogen) atoms. The Labute approximate surface area is 350 Å². The fourth-order valence-electron chi connectivity index (χ4n) is 6.10. The highest BCUT2D eigenvalue weighted by Crippen LogP contribution is 2.39. The average Bonchev–Trinajstić information content (AvgIpc) is 3.83. The highest BCUT2D eigenvalue weighted by molar-refractivity contribution is 5.99. The van der Waals surface area contributed by atoms with E-state index in [-0.39, 0.29) is 55.0 Å². The lowest BCUT2D eigenvalue weighted by Crippen LogP contribution is -2.49. The third kappa shape index (κ3) is 11.3. The number of aromatic amines is 1. The van der Waals surface area contributed by atoms with Crippen LogP contribution in [0.15, 0.2) is 67.0 Å². The number of nitriles is 2. The largest absolute Gasteiger partial charge is 0.496 e. The molecule has 2 atom stereocenters. The lowest BCUT2D eigenvalue weighted by Gasteiger charge is -2.31. The second kappa shape index (κ2) is 21.0. The molecule has 20 heteroatoms. The number of hydrogen-bond acceptors (Lipinski definition) is 13. The number of anilines is 4. The van der Waals surface area contributed by atoms with Crippen LogP contribution in [-0.2, 0) is 11.0 Å². The van der Waals surface area contributed by atoms with Gasteiger partial charge in [0.1, 0.15) is 46.9 Å². The normalized spacial score (nSPS) is 14.3. The first kappa shape index (κ1) is 47.2. The molecule has 1 aliphatic heterocycles. The summed E-state index contributed by atoms with van der Waals surface area (Å²) in [6.45, 7) is 4.43. The molecule has 0 aliphatic carbocycles. The lowest BCUT2D eigenvalue weighted by molar-refractivity contribution is -0.137. The summed E-state index contributed by atoms with van der Waals surface area (Å²) >= 11 is 0. The number of aliphatic hydroxyl groups excluding tert-OH is 1. The zero-order valence-electron chi connectivity index (χ0n) is 32.3. The molecule has 0 bridgehead atoms. The number of nitrogens with two attached hydrogens (primary N) is 1. The molecule has 15 nitrogen and oxygen atoms in total. The molecule has 1 amide bonds. The highest BCUT2D eigenvalue weighted by atomic mass is 35.5. The van der Waals surface area contributed by atoms with Gasteiger partial charge in [-0.2, -0.15) is 28.8 Å². The van der Waals surface area contributed by atoms with Gasteiger partial charge in [-0.3, -0.25) is 9.89 Å². The number of halogens is 5. The number of rotatable bonds is 11. The minimum atomic E-state index is -4.75. The Kier molecular flexibility index (Phi) is 16.8. The van der Waals surface area contributed by atoms with Crippen LogP contribution in [0.3, 0.4) is 0 Å². The fraction of sp³-hybridized carbons (Fsp3) is 0.308. The van der Waals surface area contributed by atoms with Crippen molar-refractivity contribution in [1.29, 1.82) is 10.5 Å². The standard InChI is InChI=1S/C21H21F3N4O2.C18H19N7O2.2ClH/c1-12-5-4-6-14(9-12)27(3)20(30)18-17(29)7-8-28(18)19-15(11-25)16(21(22,23)24)10-13(2)26-19;1-26-14-4-2-5-15(27-7-3-6-19)18(14)13-8-16(25-24-13)23-17-11-21-12(9-20)10-22-17;;/h4-6,9-10,17-18,29H,7-8H2,1-3H3;2,4-5,8,10-11H,3,6-7,19H2,1H3,(H2,22,23,24,25);2*1H. The van der Waals surface area contributed by atoms with E-state index in [0.29, 0.717) is 42.0 Å². The number of nitrogens with one attached hydrogen (secondary N) is 2. The van der Waals surface area contributed by atoms with Gasteiger partial charge in [0.25, 0.3) is 5.91 Å². The Hall–Kier alpha value is -6.18. The van der Waals surface area contributed by atoms with Crippen LogP contribution in [0, 0.1) is 36.5 Å². The van der Waals surface area contributed by atoms with E-state index in [4.69, 9.17) is 20.5 Å². The van der Waals surface area contributed by atoms with Crippen LogP contribution in [0.4, 0.5) is 36.3 Å². The zero-order chi connectivity index (χ0) is 41.3. The SMILES string of the molecule is COc1cccc(OCCCN)c1-c1cc(Nc2cnc(C#N)cn2)n[nH]1.Cc1cccc(N(C)C(=O)C2C(O)CCN2c2nc(C)cc(C(F)(F)F)c2C#N)c1.Cl.Cl. The molecule has 0 spiro atoms. The molecule has 0 radical (unpaired) electrons. The quantitative estimate of drug-likeness (QED) is 0.108. The van der Waals surface area contributed by atoms with Crippen molar-refractivity contribution in [3.05, 3.63) is 95.1 Å². The van der Waals surface area contributed by atoms with E-state index in [1.165, 1.54) is 36.2 Å². The van der Waals surface area contributed by atoms with Gasteiger partial charge in [0.2, 0.25) is 0 Å². The molecular formula is C39H42Cl2F3N11O4. The number of aliphatic hydroxyl groups is 1. The summed E-state index contributed by atoms with van der Waals surface area (Å²) in [5.74, 6) is 1.63. The number of amides is 1. The number of benzene rings is 2. The van der Waals surface area contributed by atoms with Gasteiger partial charge in [0, 0.05) is 31.0 Å². The first-order valence-electron chi connectivity index (χ1n) is 17.6. The number of carbonyl (C=O) groups is 1. The molecule has 4 heterocycles. The van der Waals surface area contributed by atoms with Crippen LogP contribution in [-0.4, -0.2) is 82.2 Å². The summed E-state index contributed by atoms with van der Waals surface area (Å²) in [6, 6.07) is 17.7. The van der Waals surface area contributed by atoms with E-state index >= 15 is 0 Å². The van der Waals surface area contributed by atoms with E-state index in [1.54, 1.807) is 31.4 Å².